The zero-order valence-electron chi connectivity index (χ0n) is 14.2. The second-order valence-electron chi connectivity index (χ2n) is 5.92. The van der Waals surface area contributed by atoms with Crippen LogP contribution in [0.2, 0.25) is 6.04 Å². The second kappa shape index (κ2) is 8.28. The van der Waals surface area contributed by atoms with E-state index in [9.17, 15) is 13.2 Å². The van der Waals surface area contributed by atoms with Crippen molar-refractivity contribution >= 4 is 8.80 Å². The van der Waals surface area contributed by atoms with Crippen LogP contribution in [0.3, 0.4) is 0 Å². The zero-order chi connectivity index (χ0) is 17.7. The van der Waals surface area contributed by atoms with Gasteiger partial charge in [0, 0.05) is 25.4 Å². The Hall–Kier alpha value is -0.893. The first-order valence-electron chi connectivity index (χ1n) is 7.65. The summed E-state index contributed by atoms with van der Waals surface area (Å²) in [5.41, 5.74) is -0.0531. The Labute approximate surface area is 137 Å². The molecule has 0 aliphatic rings. The van der Waals surface area contributed by atoms with Crippen LogP contribution < -0.4 is 0 Å². The van der Waals surface area contributed by atoms with Gasteiger partial charge in [0.1, 0.15) is 0 Å². The van der Waals surface area contributed by atoms with Crippen LogP contribution in [0.5, 0.6) is 0 Å². The van der Waals surface area contributed by atoms with Gasteiger partial charge in [0.2, 0.25) is 0 Å². The minimum absolute atomic E-state index is 0.0816. The van der Waals surface area contributed by atoms with Crippen LogP contribution in [0, 0.1) is 0 Å². The van der Waals surface area contributed by atoms with Gasteiger partial charge in [0.05, 0.1) is 5.56 Å². The van der Waals surface area contributed by atoms with Crippen LogP contribution in [0.4, 0.5) is 13.2 Å². The first-order chi connectivity index (χ1) is 10.6. The highest BCUT2D eigenvalue weighted by Crippen LogP contribution is 2.30. The largest absolute Gasteiger partial charge is 0.501 e. The number of benzene rings is 1. The van der Waals surface area contributed by atoms with E-state index >= 15 is 0 Å². The average molecular weight is 350 g/mol. The molecule has 0 aliphatic carbocycles. The molecule has 1 aromatic rings. The number of aryl methyl sites for hydroxylation is 1. The molecular formula is C16H25F3O3Si. The minimum atomic E-state index is -4.34. The quantitative estimate of drug-likeness (QED) is 0.637. The van der Waals surface area contributed by atoms with Gasteiger partial charge in [0.25, 0.3) is 0 Å². The lowest BCUT2D eigenvalue weighted by Crippen LogP contribution is -2.48. The normalized spacial score (nSPS) is 13.1. The van der Waals surface area contributed by atoms with Crippen LogP contribution in [-0.4, -0.2) is 28.1 Å². The Bertz CT molecular complexity index is 480. The van der Waals surface area contributed by atoms with Crippen molar-refractivity contribution in [3.63, 3.8) is 0 Å². The van der Waals surface area contributed by atoms with E-state index in [4.69, 9.17) is 13.3 Å². The molecule has 0 radical (unpaired) electrons. The van der Waals surface area contributed by atoms with E-state index < -0.39 is 20.5 Å². The molecule has 7 heteroatoms. The maximum atomic E-state index is 12.8. The summed E-state index contributed by atoms with van der Waals surface area (Å²) in [6, 6.07) is 5.76. The summed E-state index contributed by atoms with van der Waals surface area (Å²) in [5, 5.41) is 0. The number of hydrogen-bond donors (Lipinski definition) is 0. The van der Waals surface area contributed by atoms with E-state index in [0.717, 1.165) is 6.07 Å². The van der Waals surface area contributed by atoms with Crippen molar-refractivity contribution in [3.8, 4) is 0 Å². The van der Waals surface area contributed by atoms with E-state index in [1.165, 1.54) is 19.2 Å². The SMILES string of the molecule is CO[Si](CCc1cccc(C(F)(F)F)c1)(OC(C)C)OC(C)C. The fourth-order valence-corrected chi connectivity index (χ4v) is 4.98. The molecule has 0 unspecified atom stereocenters. The molecule has 0 heterocycles. The van der Waals surface area contributed by atoms with Crippen molar-refractivity contribution in [1.82, 2.24) is 0 Å². The van der Waals surface area contributed by atoms with Crippen LogP contribution >= 0.6 is 0 Å². The Morgan fingerprint density at radius 2 is 1.61 bits per heavy atom. The van der Waals surface area contributed by atoms with E-state index in [1.807, 2.05) is 27.7 Å². The lowest BCUT2D eigenvalue weighted by Gasteiger charge is -2.31. The Balaban J connectivity index is 2.89. The number of hydrogen-bond acceptors (Lipinski definition) is 3. The monoisotopic (exact) mass is 350 g/mol. The lowest BCUT2D eigenvalue weighted by atomic mass is 10.1. The van der Waals surface area contributed by atoms with Gasteiger partial charge in [-0.1, -0.05) is 18.2 Å². The standard InChI is InChI=1S/C16H25F3O3Si/c1-12(2)21-23(20-5,22-13(3)4)10-9-14-7-6-8-15(11-14)16(17,18)19/h6-8,11-13H,9-10H2,1-5H3. The molecule has 0 saturated heterocycles. The average Bonchev–Trinajstić information content (AvgIpc) is 2.43. The third kappa shape index (κ3) is 6.62. The molecule has 1 rings (SSSR count). The smallest absolute Gasteiger partial charge is 0.377 e. The van der Waals surface area contributed by atoms with Gasteiger partial charge in [-0.05, 0) is 45.7 Å². The molecule has 3 nitrogen and oxygen atoms in total. The molecular weight excluding hydrogens is 325 g/mol. The third-order valence-electron chi connectivity index (χ3n) is 3.12. The number of alkyl halides is 3. The van der Waals surface area contributed by atoms with Gasteiger partial charge >= 0.3 is 15.0 Å². The first-order valence-corrected chi connectivity index (χ1v) is 9.58. The van der Waals surface area contributed by atoms with Crippen molar-refractivity contribution < 1.29 is 26.4 Å². The fraction of sp³-hybridized carbons (Fsp3) is 0.625. The van der Waals surface area contributed by atoms with Gasteiger partial charge in [0.15, 0.2) is 0 Å². The second-order valence-corrected chi connectivity index (χ2v) is 8.66. The number of rotatable bonds is 8. The third-order valence-corrected chi connectivity index (χ3v) is 6.26. The lowest BCUT2D eigenvalue weighted by molar-refractivity contribution is -0.137. The Morgan fingerprint density at radius 3 is 2.04 bits per heavy atom. The molecule has 0 aromatic heterocycles. The highest BCUT2D eigenvalue weighted by molar-refractivity contribution is 6.60. The first kappa shape index (κ1) is 20.2. The van der Waals surface area contributed by atoms with Crippen molar-refractivity contribution in [1.29, 1.82) is 0 Å². The molecule has 23 heavy (non-hydrogen) atoms. The molecule has 0 spiro atoms. The van der Waals surface area contributed by atoms with Gasteiger partial charge < -0.3 is 13.3 Å². The molecule has 1 aromatic carbocycles. The summed E-state index contributed by atoms with van der Waals surface area (Å²) < 4.78 is 55.7. The van der Waals surface area contributed by atoms with Crippen molar-refractivity contribution in [2.45, 2.75) is 58.5 Å². The van der Waals surface area contributed by atoms with Gasteiger partial charge in [-0.3, -0.25) is 0 Å². The summed E-state index contributed by atoms with van der Waals surface area (Å²) in [7, 11) is -1.39. The molecule has 0 aliphatic heterocycles. The molecule has 0 saturated carbocycles. The topological polar surface area (TPSA) is 27.7 Å². The Kier molecular flexibility index (Phi) is 7.25. The summed E-state index contributed by atoms with van der Waals surface area (Å²) in [4.78, 5) is 0. The van der Waals surface area contributed by atoms with Gasteiger partial charge in [-0.2, -0.15) is 13.2 Å². The van der Waals surface area contributed by atoms with Crippen molar-refractivity contribution in [2.75, 3.05) is 7.11 Å². The summed E-state index contributed by atoms with van der Waals surface area (Å²) in [6.45, 7) is 7.53. The van der Waals surface area contributed by atoms with E-state index in [1.54, 1.807) is 6.07 Å². The maximum absolute atomic E-state index is 12.8. The molecule has 0 atom stereocenters. The van der Waals surface area contributed by atoms with Gasteiger partial charge in [-0.25, -0.2) is 0 Å². The van der Waals surface area contributed by atoms with Crippen molar-refractivity contribution in [2.24, 2.45) is 0 Å². The Morgan fingerprint density at radius 1 is 1.04 bits per heavy atom. The van der Waals surface area contributed by atoms with Crippen molar-refractivity contribution in [3.05, 3.63) is 35.4 Å². The highest BCUT2D eigenvalue weighted by Gasteiger charge is 2.42. The van der Waals surface area contributed by atoms with Crippen LogP contribution in [0.25, 0.3) is 0 Å². The fourth-order valence-electron chi connectivity index (χ4n) is 2.26. The molecule has 132 valence electrons. The van der Waals surface area contributed by atoms with E-state index in [-0.39, 0.29) is 12.2 Å². The van der Waals surface area contributed by atoms with E-state index in [2.05, 4.69) is 0 Å². The van der Waals surface area contributed by atoms with Gasteiger partial charge in [-0.15, -0.1) is 0 Å². The zero-order valence-corrected chi connectivity index (χ0v) is 15.2. The maximum Gasteiger partial charge on any atom is 0.501 e. The van der Waals surface area contributed by atoms with Crippen LogP contribution in [0.15, 0.2) is 24.3 Å². The molecule has 0 fully saturated rings. The predicted octanol–water partition coefficient (Wildman–Crippen LogP) is 4.68. The molecule has 0 amide bonds. The summed E-state index contributed by atoms with van der Waals surface area (Å²) in [5.74, 6) is 0. The molecule has 0 N–H and O–H groups in total. The van der Waals surface area contributed by atoms with Crippen LogP contribution in [0.1, 0.15) is 38.8 Å². The summed E-state index contributed by atoms with van der Waals surface area (Å²) >= 11 is 0. The highest BCUT2D eigenvalue weighted by atomic mass is 28.4. The summed E-state index contributed by atoms with van der Waals surface area (Å²) in [6.07, 6.45) is -4.10. The predicted molar refractivity (Wildman–Crippen MR) is 85.2 cm³/mol. The number of halogens is 3. The van der Waals surface area contributed by atoms with Crippen LogP contribution in [-0.2, 0) is 25.9 Å². The molecule has 0 bridgehead atoms. The minimum Gasteiger partial charge on any atom is -0.377 e. The van der Waals surface area contributed by atoms with E-state index in [0.29, 0.717) is 18.0 Å².